The average molecular weight is 297 g/mol. The molecule has 1 atom stereocenters. The van der Waals surface area contributed by atoms with Gasteiger partial charge in [-0.15, -0.1) is 0 Å². The molecule has 114 valence electrons. The third-order valence-corrected chi connectivity index (χ3v) is 3.68. The van der Waals surface area contributed by atoms with E-state index >= 15 is 0 Å². The minimum absolute atomic E-state index is 0.0148. The lowest BCUT2D eigenvalue weighted by Gasteiger charge is -2.26. The summed E-state index contributed by atoms with van der Waals surface area (Å²) in [4.78, 5) is 12.1. The molecule has 1 aliphatic rings. The van der Waals surface area contributed by atoms with Crippen molar-refractivity contribution in [3.8, 4) is 11.5 Å². The van der Waals surface area contributed by atoms with Crippen LogP contribution in [-0.4, -0.2) is 19.1 Å². The molecule has 0 spiro atoms. The standard InChI is InChI=1S/C18H19NO3/c1-13-6-8-14(9-7-13)22-12-18(20)19-16-10-11-21-17-5-3-2-4-15(16)17/h2-9,16H,10-12H2,1H3,(H,19,20). The summed E-state index contributed by atoms with van der Waals surface area (Å²) in [6, 6.07) is 15.4. The Morgan fingerprint density at radius 1 is 1.23 bits per heavy atom. The maximum atomic E-state index is 12.1. The molecule has 4 heteroatoms. The fourth-order valence-corrected chi connectivity index (χ4v) is 2.51. The first-order valence-corrected chi connectivity index (χ1v) is 7.43. The average Bonchev–Trinajstić information content (AvgIpc) is 2.55. The number of rotatable bonds is 4. The lowest BCUT2D eigenvalue weighted by Crippen LogP contribution is -2.35. The molecular weight excluding hydrogens is 278 g/mol. The van der Waals surface area contributed by atoms with Crippen molar-refractivity contribution in [1.29, 1.82) is 0 Å². The van der Waals surface area contributed by atoms with Gasteiger partial charge in [0.2, 0.25) is 0 Å². The molecule has 1 amide bonds. The number of para-hydroxylation sites is 1. The quantitative estimate of drug-likeness (QED) is 0.943. The van der Waals surface area contributed by atoms with E-state index in [1.807, 2.05) is 55.5 Å². The second kappa shape index (κ2) is 6.52. The van der Waals surface area contributed by atoms with E-state index in [4.69, 9.17) is 9.47 Å². The number of fused-ring (bicyclic) bond motifs is 1. The van der Waals surface area contributed by atoms with Crippen LogP contribution in [0.2, 0.25) is 0 Å². The van der Waals surface area contributed by atoms with Crippen LogP contribution in [0.4, 0.5) is 0 Å². The van der Waals surface area contributed by atoms with E-state index in [2.05, 4.69) is 5.32 Å². The van der Waals surface area contributed by atoms with Gasteiger partial charge in [-0.25, -0.2) is 0 Å². The van der Waals surface area contributed by atoms with Gasteiger partial charge >= 0.3 is 0 Å². The molecule has 0 aliphatic carbocycles. The molecule has 1 unspecified atom stereocenters. The number of aryl methyl sites for hydroxylation is 1. The predicted molar refractivity (Wildman–Crippen MR) is 84.1 cm³/mol. The maximum absolute atomic E-state index is 12.1. The fourth-order valence-electron chi connectivity index (χ4n) is 2.51. The van der Waals surface area contributed by atoms with Gasteiger partial charge in [0.25, 0.3) is 5.91 Å². The monoisotopic (exact) mass is 297 g/mol. The van der Waals surface area contributed by atoms with Gasteiger partial charge in [-0.05, 0) is 25.1 Å². The van der Waals surface area contributed by atoms with Crippen LogP contribution in [0.1, 0.15) is 23.6 Å². The van der Waals surface area contributed by atoms with E-state index in [0.717, 1.165) is 23.3 Å². The van der Waals surface area contributed by atoms with E-state index in [1.54, 1.807) is 0 Å². The van der Waals surface area contributed by atoms with Crippen LogP contribution in [0.3, 0.4) is 0 Å². The van der Waals surface area contributed by atoms with Crippen LogP contribution in [0.15, 0.2) is 48.5 Å². The van der Waals surface area contributed by atoms with E-state index < -0.39 is 0 Å². The number of hydrogen-bond acceptors (Lipinski definition) is 3. The summed E-state index contributed by atoms with van der Waals surface area (Å²) < 4.78 is 11.1. The Morgan fingerprint density at radius 3 is 2.82 bits per heavy atom. The first kappa shape index (κ1) is 14.4. The Kier molecular flexibility index (Phi) is 4.28. The number of carbonyl (C=O) groups is 1. The third kappa shape index (κ3) is 3.39. The van der Waals surface area contributed by atoms with Gasteiger partial charge in [0, 0.05) is 12.0 Å². The molecule has 0 aromatic heterocycles. The van der Waals surface area contributed by atoms with E-state index in [0.29, 0.717) is 12.4 Å². The van der Waals surface area contributed by atoms with Crippen molar-refractivity contribution in [1.82, 2.24) is 5.32 Å². The van der Waals surface area contributed by atoms with E-state index in [-0.39, 0.29) is 18.6 Å². The lowest BCUT2D eigenvalue weighted by molar-refractivity contribution is -0.124. The number of benzene rings is 2. The molecule has 0 saturated carbocycles. The van der Waals surface area contributed by atoms with E-state index in [1.165, 1.54) is 0 Å². The molecule has 1 N–H and O–H groups in total. The molecule has 2 aromatic carbocycles. The van der Waals surface area contributed by atoms with Gasteiger partial charge in [-0.2, -0.15) is 0 Å². The van der Waals surface area contributed by atoms with Crippen LogP contribution in [0.25, 0.3) is 0 Å². The van der Waals surface area contributed by atoms with Gasteiger partial charge < -0.3 is 14.8 Å². The summed E-state index contributed by atoms with van der Waals surface area (Å²) in [6.07, 6.45) is 0.771. The first-order valence-electron chi connectivity index (χ1n) is 7.43. The Balaban J connectivity index is 1.57. The summed E-state index contributed by atoms with van der Waals surface area (Å²) in [7, 11) is 0. The Labute approximate surface area is 130 Å². The van der Waals surface area contributed by atoms with Gasteiger partial charge in [0.1, 0.15) is 11.5 Å². The van der Waals surface area contributed by atoms with Gasteiger partial charge in [-0.1, -0.05) is 35.9 Å². The van der Waals surface area contributed by atoms with Crippen molar-refractivity contribution in [2.24, 2.45) is 0 Å². The van der Waals surface area contributed by atoms with E-state index in [9.17, 15) is 4.79 Å². The van der Waals surface area contributed by atoms with Gasteiger partial charge in [0.05, 0.1) is 12.6 Å². The summed E-state index contributed by atoms with van der Waals surface area (Å²) in [5, 5.41) is 3.01. The molecule has 2 aromatic rings. The summed E-state index contributed by atoms with van der Waals surface area (Å²) in [5.74, 6) is 1.42. The topological polar surface area (TPSA) is 47.6 Å². The molecule has 1 heterocycles. The summed E-state index contributed by atoms with van der Waals surface area (Å²) in [6.45, 7) is 2.64. The minimum atomic E-state index is -0.123. The Bertz CT molecular complexity index is 652. The van der Waals surface area contributed by atoms with Crippen molar-refractivity contribution < 1.29 is 14.3 Å². The molecule has 0 bridgehead atoms. The van der Waals surface area contributed by atoms with Crippen molar-refractivity contribution in [2.45, 2.75) is 19.4 Å². The van der Waals surface area contributed by atoms with Crippen LogP contribution < -0.4 is 14.8 Å². The number of nitrogens with one attached hydrogen (secondary N) is 1. The molecule has 22 heavy (non-hydrogen) atoms. The highest BCUT2D eigenvalue weighted by Crippen LogP contribution is 2.31. The van der Waals surface area contributed by atoms with Crippen LogP contribution in [0.5, 0.6) is 11.5 Å². The zero-order valence-corrected chi connectivity index (χ0v) is 12.5. The predicted octanol–water partition coefficient (Wildman–Crippen LogP) is 3.01. The number of hydrogen-bond donors (Lipinski definition) is 1. The number of ether oxygens (including phenoxy) is 2. The lowest BCUT2D eigenvalue weighted by atomic mass is 10.0. The maximum Gasteiger partial charge on any atom is 0.258 e. The van der Waals surface area contributed by atoms with Crippen LogP contribution >= 0.6 is 0 Å². The summed E-state index contributed by atoms with van der Waals surface area (Å²) in [5.41, 5.74) is 2.19. The number of carbonyl (C=O) groups excluding carboxylic acids is 1. The molecule has 3 rings (SSSR count). The Morgan fingerprint density at radius 2 is 2.00 bits per heavy atom. The molecule has 0 fully saturated rings. The number of amides is 1. The molecule has 0 saturated heterocycles. The fraction of sp³-hybridized carbons (Fsp3) is 0.278. The van der Waals surface area contributed by atoms with Crippen molar-refractivity contribution >= 4 is 5.91 Å². The highest BCUT2D eigenvalue weighted by atomic mass is 16.5. The van der Waals surface area contributed by atoms with Crippen molar-refractivity contribution in [2.75, 3.05) is 13.2 Å². The third-order valence-electron chi connectivity index (χ3n) is 3.68. The van der Waals surface area contributed by atoms with Crippen LogP contribution in [-0.2, 0) is 4.79 Å². The SMILES string of the molecule is Cc1ccc(OCC(=O)NC2CCOc3ccccc32)cc1. The van der Waals surface area contributed by atoms with Crippen molar-refractivity contribution in [3.05, 3.63) is 59.7 Å². The molecular formula is C18H19NO3. The highest BCUT2D eigenvalue weighted by Gasteiger charge is 2.22. The highest BCUT2D eigenvalue weighted by molar-refractivity contribution is 5.78. The molecule has 1 aliphatic heterocycles. The normalized spacial score (nSPS) is 16.3. The zero-order chi connectivity index (χ0) is 15.4. The first-order chi connectivity index (χ1) is 10.7. The second-order valence-electron chi connectivity index (χ2n) is 5.40. The van der Waals surface area contributed by atoms with Crippen LogP contribution in [0, 0.1) is 6.92 Å². The molecule has 4 nitrogen and oxygen atoms in total. The Hall–Kier alpha value is -2.49. The van der Waals surface area contributed by atoms with Crippen molar-refractivity contribution in [3.63, 3.8) is 0 Å². The van der Waals surface area contributed by atoms with Gasteiger partial charge in [0.15, 0.2) is 6.61 Å². The zero-order valence-electron chi connectivity index (χ0n) is 12.5. The molecule has 0 radical (unpaired) electrons. The summed E-state index contributed by atoms with van der Waals surface area (Å²) >= 11 is 0. The second-order valence-corrected chi connectivity index (χ2v) is 5.40. The largest absolute Gasteiger partial charge is 0.493 e. The smallest absolute Gasteiger partial charge is 0.258 e. The minimum Gasteiger partial charge on any atom is -0.493 e. The van der Waals surface area contributed by atoms with Gasteiger partial charge in [-0.3, -0.25) is 4.79 Å².